The van der Waals surface area contributed by atoms with Gasteiger partial charge in [-0.25, -0.2) is 0 Å². The molecule has 1 aromatic carbocycles. The van der Waals surface area contributed by atoms with E-state index in [1.165, 1.54) is 49.0 Å². The van der Waals surface area contributed by atoms with Gasteiger partial charge in [-0.1, -0.05) is 42.2 Å². The van der Waals surface area contributed by atoms with Gasteiger partial charge in [0.05, 0.1) is 0 Å². The Morgan fingerprint density at radius 3 is 2.60 bits per heavy atom. The number of nitrogens with one attached hydrogen (secondary N) is 1. The van der Waals surface area contributed by atoms with Gasteiger partial charge >= 0.3 is 0 Å². The Labute approximate surface area is 128 Å². The van der Waals surface area contributed by atoms with Crippen molar-refractivity contribution in [3.63, 3.8) is 0 Å². The van der Waals surface area contributed by atoms with Crippen LogP contribution in [0, 0.1) is 6.92 Å². The Balaban J connectivity index is 1.92. The maximum atomic E-state index is 3.51. The fraction of sp³-hybridized carbons (Fsp3) is 0.556. The van der Waals surface area contributed by atoms with Crippen LogP contribution < -0.4 is 5.32 Å². The van der Waals surface area contributed by atoms with Crippen molar-refractivity contribution >= 4 is 11.8 Å². The molecule has 0 aliphatic heterocycles. The largest absolute Gasteiger partial charge is 0.313 e. The molecule has 0 bridgehead atoms. The quantitative estimate of drug-likeness (QED) is 0.607. The highest BCUT2D eigenvalue weighted by molar-refractivity contribution is 7.99. The molecule has 0 aromatic heterocycles. The Morgan fingerprint density at radius 1 is 1.10 bits per heavy atom. The SMILES string of the molecule is CNC(CSc1ccc(C)cc1)/C1=C/CCCCCC1. The van der Waals surface area contributed by atoms with Gasteiger partial charge in [0.15, 0.2) is 0 Å². The van der Waals surface area contributed by atoms with Gasteiger partial charge in [-0.2, -0.15) is 0 Å². The van der Waals surface area contributed by atoms with E-state index in [1.807, 2.05) is 11.8 Å². The van der Waals surface area contributed by atoms with Gasteiger partial charge in [0, 0.05) is 16.7 Å². The van der Waals surface area contributed by atoms with Crippen molar-refractivity contribution in [3.05, 3.63) is 41.5 Å². The molecular weight excluding hydrogens is 262 g/mol. The third-order valence-corrected chi connectivity index (χ3v) is 5.17. The van der Waals surface area contributed by atoms with Crippen molar-refractivity contribution in [2.45, 2.75) is 56.4 Å². The monoisotopic (exact) mass is 289 g/mol. The van der Waals surface area contributed by atoms with E-state index in [9.17, 15) is 0 Å². The van der Waals surface area contributed by atoms with E-state index >= 15 is 0 Å². The smallest absolute Gasteiger partial charge is 0.0371 e. The highest BCUT2D eigenvalue weighted by Gasteiger charge is 2.13. The van der Waals surface area contributed by atoms with E-state index in [0.29, 0.717) is 6.04 Å². The second kappa shape index (κ2) is 8.53. The molecule has 1 nitrogen and oxygen atoms in total. The summed E-state index contributed by atoms with van der Waals surface area (Å²) in [4.78, 5) is 1.38. The van der Waals surface area contributed by atoms with Crippen LogP contribution in [0.25, 0.3) is 0 Å². The van der Waals surface area contributed by atoms with Crippen LogP contribution in [0.1, 0.15) is 44.1 Å². The molecule has 20 heavy (non-hydrogen) atoms. The summed E-state index contributed by atoms with van der Waals surface area (Å²) in [6.45, 7) is 2.14. The zero-order chi connectivity index (χ0) is 14.2. The molecule has 0 fully saturated rings. The second-order valence-corrected chi connectivity index (χ2v) is 6.79. The summed E-state index contributed by atoms with van der Waals surface area (Å²) < 4.78 is 0. The molecule has 1 aliphatic carbocycles. The molecule has 1 N–H and O–H groups in total. The normalized spacial score (nSPS) is 20.6. The summed E-state index contributed by atoms with van der Waals surface area (Å²) in [6.07, 6.45) is 10.6. The first-order chi connectivity index (χ1) is 9.79. The summed E-state index contributed by atoms with van der Waals surface area (Å²) >= 11 is 1.96. The fourth-order valence-electron chi connectivity index (χ4n) is 2.72. The first-order valence-corrected chi connectivity index (χ1v) is 8.84. The van der Waals surface area contributed by atoms with Gasteiger partial charge in [0.1, 0.15) is 0 Å². The van der Waals surface area contributed by atoms with Crippen LogP contribution in [0.5, 0.6) is 0 Å². The van der Waals surface area contributed by atoms with Gasteiger partial charge in [0.2, 0.25) is 0 Å². The van der Waals surface area contributed by atoms with Crippen molar-refractivity contribution in [2.24, 2.45) is 0 Å². The maximum absolute atomic E-state index is 3.51. The van der Waals surface area contributed by atoms with Crippen LogP contribution in [-0.2, 0) is 0 Å². The Bertz CT molecular complexity index is 422. The van der Waals surface area contributed by atoms with E-state index in [-0.39, 0.29) is 0 Å². The first kappa shape index (κ1) is 15.7. The standard InChI is InChI=1S/C18H27NS/c1-15-10-12-17(13-11-15)20-14-18(19-2)16-8-6-4-3-5-7-9-16/h8,10-13,18-19H,3-7,9,14H2,1-2H3/b16-8+. The summed E-state index contributed by atoms with van der Waals surface area (Å²) in [5.41, 5.74) is 2.97. The number of rotatable bonds is 5. The lowest BCUT2D eigenvalue weighted by atomic mass is 9.96. The molecule has 2 heteroatoms. The first-order valence-electron chi connectivity index (χ1n) is 7.85. The molecule has 0 heterocycles. The minimum atomic E-state index is 0.527. The minimum absolute atomic E-state index is 0.527. The van der Waals surface area contributed by atoms with Crippen LogP contribution in [0.2, 0.25) is 0 Å². The van der Waals surface area contributed by atoms with Crippen LogP contribution in [0.4, 0.5) is 0 Å². The van der Waals surface area contributed by atoms with Crippen molar-refractivity contribution in [1.82, 2.24) is 5.32 Å². The molecule has 1 atom stereocenters. The number of likely N-dealkylation sites (N-methyl/N-ethyl adjacent to an activating group) is 1. The Hall–Kier alpha value is -0.730. The number of aryl methyl sites for hydroxylation is 1. The predicted octanol–water partition coefficient (Wildman–Crippen LogP) is 4.96. The fourth-order valence-corrected chi connectivity index (χ4v) is 3.79. The molecule has 0 radical (unpaired) electrons. The van der Waals surface area contributed by atoms with Crippen molar-refractivity contribution in [3.8, 4) is 0 Å². The van der Waals surface area contributed by atoms with Crippen LogP contribution in [0.15, 0.2) is 40.8 Å². The van der Waals surface area contributed by atoms with Crippen LogP contribution in [-0.4, -0.2) is 18.8 Å². The lowest BCUT2D eigenvalue weighted by Gasteiger charge is -2.21. The summed E-state index contributed by atoms with van der Waals surface area (Å²) in [7, 11) is 2.10. The minimum Gasteiger partial charge on any atom is -0.313 e. The Kier molecular flexibility index (Phi) is 6.68. The van der Waals surface area contributed by atoms with Gasteiger partial charge in [-0.05, 0) is 51.8 Å². The van der Waals surface area contributed by atoms with E-state index in [0.717, 1.165) is 5.75 Å². The molecule has 1 unspecified atom stereocenters. The van der Waals surface area contributed by atoms with E-state index < -0.39 is 0 Å². The second-order valence-electron chi connectivity index (χ2n) is 5.70. The molecule has 0 saturated heterocycles. The summed E-state index contributed by atoms with van der Waals surface area (Å²) in [5, 5.41) is 3.51. The van der Waals surface area contributed by atoms with Gasteiger partial charge in [-0.15, -0.1) is 11.8 Å². The van der Waals surface area contributed by atoms with Crippen molar-refractivity contribution in [2.75, 3.05) is 12.8 Å². The average molecular weight is 289 g/mol. The number of hydrogen-bond acceptors (Lipinski definition) is 2. The maximum Gasteiger partial charge on any atom is 0.0371 e. The number of allylic oxidation sites excluding steroid dienone is 1. The molecule has 1 aliphatic rings. The van der Waals surface area contributed by atoms with E-state index in [4.69, 9.17) is 0 Å². The molecule has 1 aromatic rings. The predicted molar refractivity (Wildman–Crippen MR) is 90.5 cm³/mol. The molecule has 2 rings (SSSR count). The summed E-state index contributed by atoms with van der Waals surface area (Å²) in [6, 6.07) is 9.40. The van der Waals surface area contributed by atoms with Gasteiger partial charge in [-0.3, -0.25) is 0 Å². The third-order valence-electron chi connectivity index (χ3n) is 4.06. The lowest BCUT2D eigenvalue weighted by Crippen LogP contribution is -2.30. The number of benzene rings is 1. The Morgan fingerprint density at radius 2 is 1.85 bits per heavy atom. The summed E-state index contributed by atoms with van der Waals surface area (Å²) in [5.74, 6) is 1.13. The van der Waals surface area contributed by atoms with Crippen LogP contribution in [0.3, 0.4) is 0 Å². The highest BCUT2D eigenvalue weighted by Crippen LogP contribution is 2.25. The molecular formula is C18H27NS. The topological polar surface area (TPSA) is 12.0 Å². The zero-order valence-electron chi connectivity index (χ0n) is 12.8. The van der Waals surface area contributed by atoms with Crippen molar-refractivity contribution in [1.29, 1.82) is 0 Å². The van der Waals surface area contributed by atoms with Gasteiger partial charge < -0.3 is 5.32 Å². The molecule has 0 amide bonds. The highest BCUT2D eigenvalue weighted by atomic mass is 32.2. The van der Waals surface area contributed by atoms with E-state index in [1.54, 1.807) is 5.57 Å². The van der Waals surface area contributed by atoms with Gasteiger partial charge in [0.25, 0.3) is 0 Å². The van der Waals surface area contributed by atoms with E-state index in [2.05, 4.69) is 49.6 Å². The average Bonchev–Trinajstić information content (AvgIpc) is 2.43. The zero-order valence-corrected chi connectivity index (χ0v) is 13.6. The number of thioether (sulfide) groups is 1. The molecule has 0 saturated carbocycles. The number of hydrogen-bond donors (Lipinski definition) is 1. The lowest BCUT2D eigenvalue weighted by molar-refractivity contribution is 0.583. The van der Waals surface area contributed by atoms with Crippen molar-refractivity contribution < 1.29 is 0 Å². The van der Waals surface area contributed by atoms with Crippen LogP contribution >= 0.6 is 11.8 Å². The molecule has 110 valence electrons. The molecule has 0 spiro atoms. The third kappa shape index (κ3) is 4.99.